The van der Waals surface area contributed by atoms with E-state index in [-0.39, 0.29) is 5.78 Å². The topological polar surface area (TPSA) is 50.4 Å². The molecule has 0 spiro atoms. The number of carbonyl (C=O) groups is 1. The van der Waals surface area contributed by atoms with Crippen LogP contribution in [-0.2, 0) is 0 Å². The number of ketones is 1. The number of rotatable bonds is 6. The summed E-state index contributed by atoms with van der Waals surface area (Å²) in [7, 11) is 1.89. The first kappa shape index (κ1) is 13.9. The molecule has 104 valence electrons. The molecule has 0 fully saturated rings. The van der Waals surface area contributed by atoms with Crippen molar-refractivity contribution >= 4 is 17.2 Å². The Morgan fingerprint density at radius 2 is 1.60 bits per heavy atom. The van der Waals surface area contributed by atoms with Crippen molar-refractivity contribution in [1.29, 1.82) is 0 Å². The summed E-state index contributed by atoms with van der Waals surface area (Å²) in [4.78, 5) is 11.1. The molecule has 0 saturated carbocycles. The van der Waals surface area contributed by atoms with Crippen molar-refractivity contribution in [3.05, 3.63) is 54.1 Å². The van der Waals surface area contributed by atoms with Crippen molar-refractivity contribution in [2.24, 2.45) is 0 Å². The van der Waals surface area contributed by atoms with Gasteiger partial charge in [-0.05, 0) is 55.5 Å². The fourth-order valence-electron chi connectivity index (χ4n) is 1.74. The van der Waals surface area contributed by atoms with Crippen LogP contribution in [0.2, 0.25) is 0 Å². The number of nitrogens with one attached hydrogen (secondary N) is 2. The summed E-state index contributed by atoms with van der Waals surface area (Å²) >= 11 is 0. The highest BCUT2D eigenvalue weighted by molar-refractivity contribution is 5.94. The second kappa shape index (κ2) is 6.61. The molecule has 0 aliphatic heterocycles. The van der Waals surface area contributed by atoms with E-state index in [0.29, 0.717) is 12.3 Å². The Hall–Kier alpha value is -2.49. The quantitative estimate of drug-likeness (QED) is 0.624. The molecule has 2 N–H and O–H groups in total. The van der Waals surface area contributed by atoms with Gasteiger partial charge in [0.15, 0.2) is 12.5 Å². The van der Waals surface area contributed by atoms with E-state index < -0.39 is 0 Å². The van der Waals surface area contributed by atoms with Crippen LogP contribution in [0.5, 0.6) is 5.75 Å². The maximum Gasteiger partial charge on any atom is 0.159 e. The van der Waals surface area contributed by atoms with Gasteiger partial charge in [0.2, 0.25) is 0 Å². The standard InChI is InChI=1S/C16H18N2O2/c1-12(19)13-3-9-16(10-4-13)20-11-18-15-7-5-14(17-2)6-8-15/h3-10,17-18H,11H2,1-2H3. The van der Waals surface area contributed by atoms with E-state index in [1.54, 1.807) is 31.2 Å². The average Bonchev–Trinajstić information content (AvgIpc) is 2.48. The smallest absolute Gasteiger partial charge is 0.159 e. The largest absolute Gasteiger partial charge is 0.473 e. The van der Waals surface area contributed by atoms with Gasteiger partial charge in [0, 0.05) is 24.0 Å². The van der Waals surface area contributed by atoms with E-state index in [9.17, 15) is 4.79 Å². The normalized spacial score (nSPS) is 9.90. The summed E-state index contributed by atoms with van der Waals surface area (Å²) < 4.78 is 5.56. The van der Waals surface area contributed by atoms with Gasteiger partial charge in [-0.1, -0.05) is 0 Å². The van der Waals surface area contributed by atoms with Crippen molar-refractivity contribution in [2.45, 2.75) is 6.92 Å². The predicted molar refractivity (Wildman–Crippen MR) is 81.6 cm³/mol. The van der Waals surface area contributed by atoms with Crippen LogP contribution >= 0.6 is 0 Å². The van der Waals surface area contributed by atoms with Crippen molar-refractivity contribution in [3.63, 3.8) is 0 Å². The molecule has 0 radical (unpaired) electrons. The van der Waals surface area contributed by atoms with Crippen LogP contribution in [0.25, 0.3) is 0 Å². The molecule has 0 aromatic heterocycles. The van der Waals surface area contributed by atoms with Crippen LogP contribution in [0, 0.1) is 0 Å². The van der Waals surface area contributed by atoms with Crippen LogP contribution in [0.15, 0.2) is 48.5 Å². The summed E-state index contributed by atoms with van der Waals surface area (Å²) in [5, 5.41) is 6.23. The van der Waals surface area contributed by atoms with Gasteiger partial charge >= 0.3 is 0 Å². The van der Waals surface area contributed by atoms with E-state index in [0.717, 1.165) is 17.1 Å². The molecule has 0 aliphatic rings. The maximum atomic E-state index is 11.1. The minimum Gasteiger partial charge on any atom is -0.473 e. The lowest BCUT2D eigenvalue weighted by atomic mass is 10.1. The summed E-state index contributed by atoms with van der Waals surface area (Å²) in [6, 6.07) is 15.1. The molecule has 4 nitrogen and oxygen atoms in total. The molecule has 0 heterocycles. The molecule has 2 rings (SSSR count). The molecule has 20 heavy (non-hydrogen) atoms. The second-order valence-corrected chi connectivity index (χ2v) is 4.37. The zero-order chi connectivity index (χ0) is 14.4. The lowest BCUT2D eigenvalue weighted by Gasteiger charge is -2.10. The third kappa shape index (κ3) is 3.75. The van der Waals surface area contributed by atoms with Crippen molar-refractivity contribution < 1.29 is 9.53 Å². The first-order chi connectivity index (χ1) is 9.69. The van der Waals surface area contributed by atoms with E-state index in [2.05, 4.69) is 10.6 Å². The number of benzene rings is 2. The predicted octanol–water partition coefficient (Wildman–Crippen LogP) is 3.38. The summed E-state index contributed by atoms with van der Waals surface area (Å²) in [6.45, 7) is 1.92. The molecule has 0 unspecified atom stereocenters. The summed E-state index contributed by atoms with van der Waals surface area (Å²) in [5.41, 5.74) is 2.74. The molecule has 0 aliphatic carbocycles. The monoisotopic (exact) mass is 270 g/mol. The van der Waals surface area contributed by atoms with Crippen molar-refractivity contribution in [2.75, 3.05) is 24.4 Å². The van der Waals surface area contributed by atoms with Crippen LogP contribution in [-0.4, -0.2) is 19.6 Å². The van der Waals surface area contributed by atoms with Gasteiger partial charge in [0.05, 0.1) is 0 Å². The zero-order valence-corrected chi connectivity index (χ0v) is 11.6. The number of carbonyl (C=O) groups excluding carboxylic acids is 1. The highest BCUT2D eigenvalue weighted by atomic mass is 16.5. The SMILES string of the molecule is CNc1ccc(NCOc2ccc(C(C)=O)cc2)cc1. The molecular formula is C16H18N2O2. The van der Waals surface area contributed by atoms with Gasteiger partial charge in [-0.3, -0.25) is 4.79 Å². The molecular weight excluding hydrogens is 252 g/mol. The Kier molecular flexibility index (Phi) is 4.60. The van der Waals surface area contributed by atoms with E-state index in [1.807, 2.05) is 31.3 Å². The zero-order valence-electron chi connectivity index (χ0n) is 11.6. The van der Waals surface area contributed by atoms with Gasteiger partial charge in [-0.25, -0.2) is 0 Å². The molecule has 0 atom stereocenters. The number of anilines is 2. The lowest BCUT2D eigenvalue weighted by molar-refractivity contribution is 0.101. The summed E-state index contributed by atoms with van der Waals surface area (Å²) in [5.74, 6) is 0.786. The number of hydrogen-bond donors (Lipinski definition) is 2. The fourth-order valence-corrected chi connectivity index (χ4v) is 1.74. The highest BCUT2D eigenvalue weighted by Crippen LogP contribution is 2.15. The molecule has 4 heteroatoms. The molecule has 0 saturated heterocycles. The van der Waals surface area contributed by atoms with Gasteiger partial charge in [0.25, 0.3) is 0 Å². The maximum absolute atomic E-state index is 11.1. The Balaban J connectivity index is 1.84. The Bertz CT molecular complexity index is 562. The van der Waals surface area contributed by atoms with Gasteiger partial charge in [-0.2, -0.15) is 0 Å². The van der Waals surface area contributed by atoms with Gasteiger partial charge in [0.1, 0.15) is 5.75 Å². The van der Waals surface area contributed by atoms with E-state index in [4.69, 9.17) is 4.74 Å². The molecule has 0 bridgehead atoms. The van der Waals surface area contributed by atoms with Crippen molar-refractivity contribution in [3.8, 4) is 5.75 Å². The molecule has 2 aromatic carbocycles. The average molecular weight is 270 g/mol. The van der Waals surface area contributed by atoms with Gasteiger partial charge in [-0.15, -0.1) is 0 Å². The van der Waals surface area contributed by atoms with Gasteiger partial charge < -0.3 is 15.4 Å². The fraction of sp³-hybridized carbons (Fsp3) is 0.188. The highest BCUT2D eigenvalue weighted by Gasteiger charge is 1.99. The Labute approximate surface area is 118 Å². The number of ether oxygens (including phenoxy) is 1. The third-order valence-electron chi connectivity index (χ3n) is 2.95. The lowest BCUT2D eigenvalue weighted by Crippen LogP contribution is -2.08. The van der Waals surface area contributed by atoms with Crippen LogP contribution in [0.1, 0.15) is 17.3 Å². The second-order valence-electron chi connectivity index (χ2n) is 4.37. The number of hydrogen-bond acceptors (Lipinski definition) is 4. The minimum atomic E-state index is 0.0549. The third-order valence-corrected chi connectivity index (χ3v) is 2.95. The van der Waals surface area contributed by atoms with Crippen molar-refractivity contribution in [1.82, 2.24) is 0 Å². The van der Waals surface area contributed by atoms with Crippen LogP contribution in [0.3, 0.4) is 0 Å². The summed E-state index contributed by atoms with van der Waals surface area (Å²) in [6.07, 6.45) is 0. The Morgan fingerprint density at radius 1 is 1.00 bits per heavy atom. The van der Waals surface area contributed by atoms with Crippen LogP contribution in [0.4, 0.5) is 11.4 Å². The Morgan fingerprint density at radius 3 is 2.15 bits per heavy atom. The first-order valence-corrected chi connectivity index (χ1v) is 6.44. The molecule has 2 aromatic rings. The number of Topliss-reactive ketones (excluding diaryl/α,β-unsaturated/α-hetero) is 1. The van der Waals surface area contributed by atoms with E-state index >= 15 is 0 Å². The minimum absolute atomic E-state index is 0.0549. The van der Waals surface area contributed by atoms with Crippen LogP contribution < -0.4 is 15.4 Å². The molecule has 0 amide bonds. The van der Waals surface area contributed by atoms with E-state index in [1.165, 1.54) is 0 Å². The first-order valence-electron chi connectivity index (χ1n) is 6.44.